The van der Waals surface area contributed by atoms with E-state index in [0.717, 1.165) is 10.2 Å². The van der Waals surface area contributed by atoms with Gasteiger partial charge in [-0.3, -0.25) is 0 Å². The van der Waals surface area contributed by atoms with Crippen LogP contribution >= 0.6 is 0 Å². The van der Waals surface area contributed by atoms with Crippen molar-refractivity contribution in [1.29, 1.82) is 0 Å². The van der Waals surface area contributed by atoms with Crippen LogP contribution in [0.1, 0.15) is 0 Å². The van der Waals surface area contributed by atoms with Gasteiger partial charge in [0.05, 0.1) is 0 Å². The maximum atomic E-state index is 12.1. The topological polar surface area (TPSA) is 0 Å². The second-order valence-corrected chi connectivity index (χ2v) is 2.95. The predicted molar refractivity (Wildman–Crippen MR) is 36.0 cm³/mol. The van der Waals surface area contributed by atoms with Gasteiger partial charge in [-0.1, -0.05) is 17.3 Å². The lowest BCUT2D eigenvalue weighted by Crippen LogP contribution is -1.98. The Balaban J connectivity index is 3.03. The standard InChI is InChI=1S/C6H7FSi/c7-5-1-3-6(8)4-2-5/h1-4H,8H3. The quantitative estimate of drug-likeness (QED) is 0.423. The highest BCUT2D eigenvalue weighted by atomic mass is 28.1. The summed E-state index contributed by atoms with van der Waals surface area (Å²) in [6.07, 6.45) is 0. The van der Waals surface area contributed by atoms with Gasteiger partial charge in [0.1, 0.15) is 5.82 Å². The first-order valence-electron chi connectivity index (χ1n) is 2.51. The summed E-state index contributed by atoms with van der Waals surface area (Å²) in [6, 6.07) is 6.59. The Hall–Kier alpha value is -0.633. The van der Waals surface area contributed by atoms with Crippen LogP contribution in [0.15, 0.2) is 24.3 Å². The minimum Gasteiger partial charge on any atom is -0.207 e. The van der Waals surface area contributed by atoms with Crippen LogP contribution in [0.2, 0.25) is 0 Å². The van der Waals surface area contributed by atoms with Gasteiger partial charge in [-0.05, 0) is 12.1 Å². The second-order valence-electron chi connectivity index (χ2n) is 1.80. The minimum atomic E-state index is -0.149. The van der Waals surface area contributed by atoms with Crippen LogP contribution in [0.5, 0.6) is 0 Å². The SMILES string of the molecule is Fc1ccc([SiH3])cc1. The third-order valence-electron chi connectivity index (χ3n) is 1.01. The van der Waals surface area contributed by atoms with Gasteiger partial charge in [0.15, 0.2) is 0 Å². The highest BCUT2D eigenvalue weighted by molar-refractivity contribution is 6.32. The molecule has 0 spiro atoms. The van der Waals surface area contributed by atoms with Gasteiger partial charge < -0.3 is 0 Å². The number of halogens is 1. The van der Waals surface area contributed by atoms with Gasteiger partial charge in [-0.2, -0.15) is 0 Å². The average Bonchev–Trinajstić information content (AvgIpc) is 1.77. The Labute approximate surface area is 50.8 Å². The zero-order valence-corrected chi connectivity index (χ0v) is 6.69. The van der Waals surface area contributed by atoms with E-state index in [2.05, 4.69) is 0 Å². The van der Waals surface area contributed by atoms with Gasteiger partial charge in [-0.15, -0.1) is 0 Å². The first-order valence-corrected chi connectivity index (χ1v) is 3.51. The van der Waals surface area contributed by atoms with E-state index in [-0.39, 0.29) is 5.82 Å². The van der Waals surface area contributed by atoms with E-state index in [1.54, 1.807) is 0 Å². The van der Waals surface area contributed by atoms with E-state index >= 15 is 0 Å². The molecule has 0 N–H and O–H groups in total. The zero-order valence-electron chi connectivity index (χ0n) is 4.69. The van der Waals surface area contributed by atoms with Crippen LogP contribution in [0, 0.1) is 5.82 Å². The first kappa shape index (κ1) is 5.50. The Morgan fingerprint density at radius 3 is 2.00 bits per heavy atom. The third kappa shape index (κ3) is 1.17. The van der Waals surface area contributed by atoms with Crippen LogP contribution in [0.4, 0.5) is 4.39 Å². The number of benzene rings is 1. The van der Waals surface area contributed by atoms with Gasteiger partial charge in [-0.25, -0.2) is 4.39 Å². The van der Waals surface area contributed by atoms with Crippen molar-refractivity contribution in [2.75, 3.05) is 0 Å². The van der Waals surface area contributed by atoms with Crippen LogP contribution in [0.25, 0.3) is 0 Å². The molecule has 0 unspecified atom stereocenters. The molecule has 8 heavy (non-hydrogen) atoms. The molecular weight excluding hydrogens is 119 g/mol. The molecule has 0 aliphatic carbocycles. The van der Waals surface area contributed by atoms with Crippen molar-refractivity contribution in [3.8, 4) is 0 Å². The third-order valence-corrected chi connectivity index (χ3v) is 1.68. The molecule has 0 aliphatic rings. The van der Waals surface area contributed by atoms with Crippen LogP contribution < -0.4 is 5.19 Å². The molecule has 0 amide bonds. The molecule has 2 heteroatoms. The van der Waals surface area contributed by atoms with Crippen LogP contribution in [0.3, 0.4) is 0 Å². The molecule has 0 nitrogen and oxygen atoms in total. The lowest BCUT2D eigenvalue weighted by molar-refractivity contribution is 0.628. The molecule has 0 heterocycles. The van der Waals surface area contributed by atoms with E-state index in [0.29, 0.717) is 0 Å². The first-order chi connectivity index (χ1) is 3.79. The Morgan fingerprint density at radius 2 is 1.62 bits per heavy atom. The smallest absolute Gasteiger partial charge is 0.123 e. The summed E-state index contributed by atoms with van der Waals surface area (Å²) in [7, 11) is 1.00. The lowest BCUT2D eigenvalue weighted by Gasteiger charge is -1.87. The van der Waals surface area contributed by atoms with Crippen molar-refractivity contribution in [2.45, 2.75) is 0 Å². The lowest BCUT2D eigenvalue weighted by atomic mass is 10.3. The molecule has 0 saturated carbocycles. The molecule has 0 atom stereocenters. The fourth-order valence-corrected chi connectivity index (χ4v) is 0.867. The molecule has 1 aromatic carbocycles. The van der Waals surface area contributed by atoms with Crippen molar-refractivity contribution in [1.82, 2.24) is 0 Å². The summed E-state index contributed by atoms with van der Waals surface area (Å²) in [5, 5.41) is 1.23. The number of rotatable bonds is 0. The number of hydrogen-bond acceptors (Lipinski definition) is 0. The van der Waals surface area contributed by atoms with Crippen molar-refractivity contribution in [3.05, 3.63) is 30.1 Å². The molecule has 0 aromatic heterocycles. The second kappa shape index (κ2) is 2.09. The maximum absolute atomic E-state index is 12.1. The van der Waals surface area contributed by atoms with E-state index in [9.17, 15) is 4.39 Å². The highest BCUT2D eigenvalue weighted by Crippen LogP contribution is 1.89. The summed E-state index contributed by atoms with van der Waals surface area (Å²) in [5.74, 6) is -0.149. The monoisotopic (exact) mass is 126 g/mol. The van der Waals surface area contributed by atoms with Crippen molar-refractivity contribution in [2.24, 2.45) is 0 Å². The van der Waals surface area contributed by atoms with Crippen LogP contribution in [-0.4, -0.2) is 10.2 Å². The summed E-state index contributed by atoms with van der Waals surface area (Å²) >= 11 is 0. The molecule has 1 aromatic rings. The fourth-order valence-electron chi connectivity index (χ4n) is 0.533. The van der Waals surface area contributed by atoms with E-state index in [4.69, 9.17) is 0 Å². The zero-order chi connectivity index (χ0) is 5.98. The summed E-state index contributed by atoms with van der Waals surface area (Å²) < 4.78 is 12.1. The average molecular weight is 126 g/mol. The Bertz CT molecular complexity index is 147. The van der Waals surface area contributed by atoms with Crippen molar-refractivity contribution < 1.29 is 4.39 Å². The Morgan fingerprint density at radius 1 is 1.12 bits per heavy atom. The van der Waals surface area contributed by atoms with Gasteiger partial charge in [0.2, 0.25) is 0 Å². The van der Waals surface area contributed by atoms with Gasteiger partial charge in [0.25, 0.3) is 0 Å². The molecule has 42 valence electrons. The van der Waals surface area contributed by atoms with Crippen molar-refractivity contribution in [3.63, 3.8) is 0 Å². The number of hydrogen-bond donors (Lipinski definition) is 0. The molecular formula is C6H7FSi. The molecule has 0 saturated heterocycles. The van der Waals surface area contributed by atoms with Crippen molar-refractivity contribution >= 4 is 15.4 Å². The molecule has 0 fully saturated rings. The van der Waals surface area contributed by atoms with Crippen LogP contribution in [-0.2, 0) is 0 Å². The molecule has 1 rings (SSSR count). The van der Waals surface area contributed by atoms with Gasteiger partial charge >= 0.3 is 0 Å². The minimum absolute atomic E-state index is 0.149. The van der Waals surface area contributed by atoms with E-state index in [1.807, 2.05) is 12.1 Å². The summed E-state index contributed by atoms with van der Waals surface area (Å²) in [6.45, 7) is 0. The van der Waals surface area contributed by atoms with E-state index in [1.165, 1.54) is 17.3 Å². The fraction of sp³-hybridized carbons (Fsp3) is 0. The molecule has 0 radical (unpaired) electrons. The van der Waals surface area contributed by atoms with Gasteiger partial charge in [0, 0.05) is 10.2 Å². The largest absolute Gasteiger partial charge is 0.207 e. The molecule has 0 bridgehead atoms. The predicted octanol–water partition coefficient (Wildman–Crippen LogP) is -0.184. The maximum Gasteiger partial charge on any atom is 0.123 e. The summed E-state index contributed by atoms with van der Waals surface area (Å²) in [4.78, 5) is 0. The molecule has 0 aliphatic heterocycles. The Kier molecular flexibility index (Phi) is 1.44. The highest BCUT2D eigenvalue weighted by Gasteiger charge is 1.83. The normalized spacial score (nSPS) is 9.62. The summed E-state index contributed by atoms with van der Waals surface area (Å²) in [5.41, 5.74) is 0. The van der Waals surface area contributed by atoms with E-state index < -0.39 is 0 Å².